The fourth-order valence-corrected chi connectivity index (χ4v) is 1.23. The van der Waals surface area contributed by atoms with Crippen molar-refractivity contribution in [1.29, 1.82) is 0 Å². The zero-order chi connectivity index (χ0) is 11.8. The molecule has 0 saturated heterocycles. The highest BCUT2D eigenvalue weighted by molar-refractivity contribution is 14.1. The van der Waals surface area contributed by atoms with Crippen molar-refractivity contribution in [3.63, 3.8) is 0 Å². The SMILES string of the molecule is O=Cc1ccc(CC(=O)OCC#CI)cc1. The smallest absolute Gasteiger partial charge is 0.311 e. The van der Waals surface area contributed by atoms with E-state index in [0.29, 0.717) is 5.56 Å². The van der Waals surface area contributed by atoms with E-state index >= 15 is 0 Å². The van der Waals surface area contributed by atoms with Gasteiger partial charge in [-0.05, 0) is 9.49 Å². The second kappa shape index (κ2) is 7.01. The molecule has 0 N–H and O–H groups in total. The van der Waals surface area contributed by atoms with Gasteiger partial charge in [0.15, 0.2) is 6.61 Å². The van der Waals surface area contributed by atoms with Crippen LogP contribution < -0.4 is 0 Å². The third-order valence-electron chi connectivity index (χ3n) is 1.84. The average Bonchev–Trinajstić information content (AvgIpc) is 2.30. The first kappa shape index (κ1) is 12.7. The molecule has 0 radical (unpaired) electrons. The number of hydrogen-bond donors (Lipinski definition) is 0. The number of hydrogen-bond acceptors (Lipinski definition) is 3. The first-order valence-corrected chi connectivity index (χ1v) is 5.62. The molecule has 0 unspecified atom stereocenters. The van der Waals surface area contributed by atoms with Crippen molar-refractivity contribution in [2.24, 2.45) is 0 Å². The quantitative estimate of drug-likeness (QED) is 0.367. The summed E-state index contributed by atoms with van der Waals surface area (Å²) in [5, 5.41) is 0. The van der Waals surface area contributed by atoms with E-state index in [4.69, 9.17) is 4.74 Å². The van der Waals surface area contributed by atoms with Gasteiger partial charge >= 0.3 is 5.97 Å². The molecule has 3 nitrogen and oxygen atoms in total. The molecule has 1 rings (SSSR count). The van der Waals surface area contributed by atoms with Gasteiger partial charge in [0.2, 0.25) is 0 Å². The van der Waals surface area contributed by atoms with E-state index in [1.54, 1.807) is 24.3 Å². The summed E-state index contributed by atoms with van der Waals surface area (Å²) in [6.07, 6.45) is 0.958. The zero-order valence-corrected chi connectivity index (χ0v) is 10.6. The molecule has 16 heavy (non-hydrogen) atoms. The van der Waals surface area contributed by atoms with Gasteiger partial charge in [0, 0.05) is 28.2 Å². The third kappa shape index (κ3) is 4.45. The van der Waals surface area contributed by atoms with Crippen LogP contribution in [0.25, 0.3) is 0 Å². The number of carbonyl (C=O) groups is 2. The Hall–Kier alpha value is -1.35. The summed E-state index contributed by atoms with van der Waals surface area (Å²) >= 11 is 1.88. The molecule has 0 amide bonds. The predicted octanol–water partition coefficient (Wildman–Crippen LogP) is 1.98. The molecule has 0 aliphatic heterocycles. The zero-order valence-electron chi connectivity index (χ0n) is 8.40. The number of carbonyl (C=O) groups excluding carboxylic acids is 2. The topological polar surface area (TPSA) is 43.4 Å². The Morgan fingerprint density at radius 2 is 2.06 bits per heavy atom. The van der Waals surface area contributed by atoms with Crippen LogP contribution in [0.5, 0.6) is 0 Å². The number of ether oxygens (including phenoxy) is 1. The lowest BCUT2D eigenvalue weighted by molar-refractivity contribution is -0.141. The number of esters is 1. The standard InChI is InChI=1S/C12H9IO3/c13-6-1-7-16-12(15)8-10-2-4-11(9-14)5-3-10/h2-5,9H,7-8H2. The molecule has 1 aromatic carbocycles. The highest BCUT2D eigenvalue weighted by Crippen LogP contribution is 2.04. The van der Waals surface area contributed by atoms with Crippen molar-refractivity contribution in [3.8, 4) is 9.85 Å². The van der Waals surface area contributed by atoms with Gasteiger partial charge in [0.05, 0.1) is 6.42 Å². The second-order valence-corrected chi connectivity index (χ2v) is 3.51. The minimum Gasteiger partial charge on any atom is -0.452 e. The molecular formula is C12H9IO3. The summed E-state index contributed by atoms with van der Waals surface area (Å²) in [6, 6.07) is 6.80. The van der Waals surface area contributed by atoms with Crippen LogP contribution >= 0.6 is 22.6 Å². The van der Waals surface area contributed by atoms with E-state index < -0.39 is 0 Å². The fraction of sp³-hybridized carbons (Fsp3) is 0.167. The molecule has 0 aliphatic rings. The second-order valence-electron chi connectivity index (χ2n) is 2.97. The van der Waals surface area contributed by atoms with Crippen molar-refractivity contribution >= 4 is 34.8 Å². The Bertz CT molecular complexity index is 426. The molecular weight excluding hydrogens is 319 g/mol. The maximum Gasteiger partial charge on any atom is 0.311 e. The van der Waals surface area contributed by atoms with Crippen LogP contribution in [0.4, 0.5) is 0 Å². The van der Waals surface area contributed by atoms with E-state index in [1.807, 2.05) is 22.6 Å². The van der Waals surface area contributed by atoms with Gasteiger partial charge in [-0.1, -0.05) is 30.2 Å². The largest absolute Gasteiger partial charge is 0.452 e. The molecule has 0 fully saturated rings. The maximum absolute atomic E-state index is 11.3. The molecule has 0 aromatic heterocycles. The van der Waals surface area contributed by atoms with E-state index in [-0.39, 0.29) is 19.0 Å². The predicted molar refractivity (Wildman–Crippen MR) is 68.3 cm³/mol. The highest BCUT2D eigenvalue weighted by atomic mass is 127. The molecule has 0 atom stereocenters. The van der Waals surface area contributed by atoms with Crippen molar-refractivity contribution in [3.05, 3.63) is 35.4 Å². The van der Waals surface area contributed by atoms with Crippen molar-refractivity contribution < 1.29 is 14.3 Å². The van der Waals surface area contributed by atoms with Gasteiger partial charge in [0.1, 0.15) is 6.29 Å². The minimum atomic E-state index is -0.321. The van der Waals surface area contributed by atoms with Gasteiger partial charge in [-0.3, -0.25) is 9.59 Å². The highest BCUT2D eigenvalue weighted by Gasteiger charge is 2.03. The van der Waals surface area contributed by atoms with Crippen molar-refractivity contribution in [2.45, 2.75) is 6.42 Å². The minimum absolute atomic E-state index is 0.119. The van der Waals surface area contributed by atoms with E-state index in [2.05, 4.69) is 9.85 Å². The van der Waals surface area contributed by atoms with Crippen LogP contribution in [-0.4, -0.2) is 18.9 Å². The number of rotatable bonds is 4. The van der Waals surface area contributed by atoms with E-state index in [9.17, 15) is 9.59 Å². The summed E-state index contributed by atoms with van der Waals surface area (Å²) in [4.78, 5) is 21.7. The van der Waals surface area contributed by atoms with Gasteiger partial charge in [-0.25, -0.2) is 0 Å². The normalized spacial score (nSPS) is 8.81. The Morgan fingerprint density at radius 3 is 2.62 bits per heavy atom. The molecule has 0 heterocycles. The van der Waals surface area contributed by atoms with Crippen molar-refractivity contribution in [2.75, 3.05) is 6.61 Å². The Labute approximate surface area is 107 Å². The van der Waals surface area contributed by atoms with Gasteiger partial charge in [-0.15, -0.1) is 0 Å². The lowest BCUT2D eigenvalue weighted by Crippen LogP contribution is -2.08. The van der Waals surface area contributed by atoms with Gasteiger partial charge in [-0.2, -0.15) is 0 Å². The first-order valence-electron chi connectivity index (χ1n) is 4.54. The van der Waals surface area contributed by atoms with Crippen molar-refractivity contribution in [1.82, 2.24) is 0 Å². The number of aldehydes is 1. The molecule has 1 aromatic rings. The Morgan fingerprint density at radius 1 is 1.38 bits per heavy atom. The lowest BCUT2D eigenvalue weighted by Gasteiger charge is -2.01. The summed E-state index contributed by atoms with van der Waals surface area (Å²) in [7, 11) is 0. The molecule has 82 valence electrons. The fourth-order valence-electron chi connectivity index (χ4n) is 1.08. The van der Waals surface area contributed by atoms with Crippen LogP contribution in [0, 0.1) is 9.85 Å². The lowest BCUT2D eigenvalue weighted by atomic mass is 10.1. The summed E-state index contributed by atoms with van der Waals surface area (Å²) < 4.78 is 7.46. The Kier molecular flexibility index (Phi) is 5.57. The van der Waals surface area contributed by atoms with E-state index in [1.165, 1.54) is 0 Å². The van der Waals surface area contributed by atoms with Crippen LogP contribution in [0.3, 0.4) is 0 Å². The van der Waals surface area contributed by atoms with Crippen LogP contribution in [0.15, 0.2) is 24.3 Å². The Balaban J connectivity index is 2.48. The monoisotopic (exact) mass is 328 g/mol. The summed E-state index contributed by atoms with van der Waals surface area (Å²) in [5.74, 6) is 2.31. The molecule has 0 bridgehead atoms. The summed E-state index contributed by atoms with van der Waals surface area (Å²) in [6.45, 7) is 0.119. The number of halogens is 1. The first-order chi connectivity index (χ1) is 7.76. The molecule has 0 saturated carbocycles. The average molecular weight is 328 g/mol. The molecule has 0 aliphatic carbocycles. The van der Waals surface area contributed by atoms with Crippen LogP contribution in [-0.2, 0) is 16.0 Å². The molecule has 4 heteroatoms. The summed E-state index contributed by atoms with van der Waals surface area (Å²) in [5.41, 5.74) is 1.41. The number of benzene rings is 1. The maximum atomic E-state index is 11.3. The van der Waals surface area contributed by atoms with Gasteiger partial charge in [0.25, 0.3) is 0 Å². The van der Waals surface area contributed by atoms with Crippen LogP contribution in [0.1, 0.15) is 15.9 Å². The molecule has 0 spiro atoms. The van der Waals surface area contributed by atoms with E-state index in [0.717, 1.165) is 11.8 Å². The van der Waals surface area contributed by atoms with Gasteiger partial charge < -0.3 is 4.74 Å². The third-order valence-corrected chi connectivity index (χ3v) is 2.22. The van der Waals surface area contributed by atoms with Crippen LogP contribution in [0.2, 0.25) is 0 Å².